The first-order valence-electron chi connectivity index (χ1n) is 3.18. The highest BCUT2D eigenvalue weighted by Gasteiger charge is 2.06. The van der Waals surface area contributed by atoms with Gasteiger partial charge < -0.3 is 9.47 Å². The van der Waals surface area contributed by atoms with E-state index in [9.17, 15) is 4.79 Å². The molecule has 3 nitrogen and oxygen atoms in total. The highest BCUT2D eigenvalue weighted by Crippen LogP contribution is 1.95. The quantitative estimate of drug-likeness (QED) is 0.209. The van der Waals surface area contributed by atoms with E-state index < -0.39 is 5.97 Å². The summed E-state index contributed by atoms with van der Waals surface area (Å²) < 4.78 is 9.23. The van der Waals surface area contributed by atoms with Crippen LogP contribution in [0, 0.1) is 0 Å². The van der Waals surface area contributed by atoms with Gasteiger partial charge in [0, 0.05) is 5.88 Å². The Kier molecular flexibility index (Phi) is 5.65. The number of carbonyl (C=O) groups is 1. The fourth-order valence-electron chi connectivity index (χ4n) is 0.383. The summed E-state index contributed by atoms with van der Waals surface area (Å²) in [6.45, 7) is 3.63. The molecule has 0 saturated heterocycles. The zero-order valence-corrected chi connectivity index (χ0v) is 7.19. The molecule has 0 aliphatic heterocycles. The van der Waals surface area contributed by atoms with Gasteiger partial charge in [-0.2, -0.15) is 0 Å². The number of carbonyl (C=O) groups excluding carboxylic acids is 1. The molecule has 0 radical (unpaired) electrons. The number of alkyl halides is 1. The lowest BCUT2D eigenvalue weighted by Gasteiger charge is -2.03. The van der Waals surface area contributed by atoms with Crippen molar-refractivity contribution in [1.82, 2.24) is 0 Å². The minimum absolute atomic E-state index is 0.0135. The highest BCUT2D eigenvalue weighted by atomic mass is 35.5. The molecule has 0 fully saturated rings. The van der Waals surface area contributed by atoms with E-state index in [1.807, 2.05) is 0 Å². The lowest BCUT2D eigenvalue weighted by Crippen LogP contribution is -2.09. The maximum Gasteiger partial charge on any atom is 0.372 e. The number of methoxy groups -OCH3 is 1. The molecule has 0 unspecified atom stereocenters. The average Bonchev–Trinajstić information content (AvgIpc) is 2.03. The fourth-order valence-corrected chi connectivity index (χ4v) is 0.492. The van der Waals surface area contributed by atoms with Crippen LogP contribution in [0.25, 0.3) is 0 Å². The van der Waals surface area contributed by atoms with E-state index in [4.69, 9.17) is 11.6 Å². The van der Waals surface area contributed by atoms with Gasteiger partial charge in [-0.05, 0) is 13.0 Å². The van der Waals surface area contributed by atoms with Crippen LogP contribution in [0.4, 0.5) is 0 Å². The molecular weight excluding hydrogens is 168 g/mol. The molecule has 4 heteroatoms. The van der Waals surface area contributed by atoms with Gasteiger partial charge in [0.2, 0.25) is 0 Å². The van der Waals surface area contributed by atoms with Crippen molar-refractivity contribution in [2.24, 2.45) is 0 Å². The molecule has 11 heavy (non-hydrogen) atoms. The van der Waals surface area contributed by atoms with Crippen LogP contribution in [-0.4, -0.2) is 25.6 Å². The maximum absolute atomic E-state index is 10.8. The Morgan fingerprint density at radius 2 is 2.27 bits per heavy atom. The second-order valence-electron chi connectivity index (χ2n) is 1.81. The summed E-state index contributed by atoms with van der Waals surface area (Å²) >= 11 is 5.35. The largest absolute Gasteiger partial charge is 0.490 e. The predicted molar refractivity (Wildman–Crippen MR) is 42.4 cm³/mol. The van der Waals surface area contributed by atoms with Crippen molar-refractivity contribution >= 4 is 17.6 Å². The molecule has 0 aromatic rings. The average molecular weight is 179 g/mol. The molecule has 0 spiro atoms. The zero-order chi connectivity index (χ0) is 8.69. The highest BCUT2D eigenvalue weighted by molar-refractivity contribution is 6.17. The Labute approximate surface area is 70.9 Å². The van der Waals surface area contributed by atoms with Gasteiger partial charge in [-0.3, -0.25) is 0 Å². The van der Waals surface area contributed by atoms with E-state index >= 15 is 0 Å². The van der Waals surface area contributed by atoms with Crippen molar-refractivity contribution in [2.75, 3.05) is 19.6 Å². The maximum atomic E-state index is 10.8. The molecule has 0 amide bonds. The van der Waals surface area contributed by atoms with Gasteiger partial charge in [-0.15, -0.1) is 11.6 Å². The molecule has 0 aromatic heterocycles. The Morgan fingerprint density at radius 3 is 2.73 bits per heavy atom. The Bertz CT molecular complexity index is 145. The molecule has 0 heterocycles. The third-order valence-electron chi connectivity index (χ3n) is 0.985. The third-order valence-corrected chi connectivity index (χ3v) is 1.25. The van der Waals surface area contributed by atoms with Crippen molar-refractivity contribution in [3.63, 3.8) is 0 Å². The summed E-state index contributed by atoms with van der Waals surface area (Å²) in [6.07, 6.45) is 0.643. The van der Waals surface area contributed by atoms with E-state index in [2.05, 4.69) is 16.1 Å². The first-order chi connectivity index (χ1) is 5.22. The molecule has 0 rings (SSSR count). The number of ether oxygens (including phenoxy) is 2. The molecule has 0 aromatic carbocycles. The lowest BCUT2D eigenvalue weighted by atomic mass is 10.5. The Morgan fingerprint density at radius 1 is 1.64 bits per heavy atom. The summed E-state index contributed by atoms with van der Waals surface area (Å²) in [6, 6.07) is 0. The third kappa shape index (κ3) is 4.67. The molecule has 0 atom stereocenters. The van der Waals surface area contributed by atoms with Crippen LogP contribution in [0.5, 0.6) is 0 Å². The van der Waals surface area contributed by atoms with Gasteiger partial charge in [0.15, 0.2) is 5.76 Å². The normalized spacial score (nSPS) is 8.91. The van der Waals surface area contributed by atoms with Gasteiger partial charge in [0.1, 0.15) is 0 Å². The zero-order valence-electron chi connectivity index (χ0n) is 6.43. The van der Waals surface area contributed by atoms with Crippen LogP contribution in [0.2, 0.25) is 0 Å². The first kappa shape index (κ1) is 10.3. The van der Waals surface area contributed by atoms with Crippen molar-refractivity contribution in [2.45, 2.75) is 6.42 Å². The summed E-state index contributed by atoms with van der Waals surface area (Å²) in [5.74, 6) is -0.0376. The van der Waals surface area contributed by atoms with E-state index in [1.165, 1.54) is 7.11 Å². The number of rotatable bonds is 5. The summed E-state index contributed by atoms with van der Waals surface area (Å²) in [5.41, 5.74) is 0. The number of halogens is 1. The van der Waals surface area contributed by atoms with Crippen LogP contribution in [0.15, 0.2) is 12.3 Å². The van der Waals surface area contributed by atoms with Crippen LogP contribution in [-0.2, 0) is 14.3 Å². The molecule has 0 bridgehead atoms. The smallest absolute Gasteiger partial charge is 0.372 e. The fraction of sp³-hybridized carbons (Fsp3) is 0.571. The molecular formula is C7H11ClO3. The molecule has 0 N–H and O–H groups in total. The predicted octanol–water partition coefficient (Wildman–Crippen LogP) is 1.32. The molecule has 0 aliphatic carbocycles. The molecule has 0 aliphatic rings. The van der Waals surface area contributed by atoms with Crippen LogP contribution in [0.3, 0.4) is 0 Å². The van der Waals surface area contributed by atoms with Gasteiger partial charge in [-0.25, -0.2) is 4.79 Å². The van der Waals surface area contributed by atoms with Gasteiger partial charge in [-0.1, -0.05) is 0 Å². The molecule has 0 saturated carbocycles. The summed E-state index contributed by atoms with van der Waals surface area (Å²) in [7, 11) is 1.37. The standard InChI is InChI=1S/C7H11ClO3/c1-6(10-2)7(9)11-5-3-4-8/h1,3-5H2,2H3. The van der Waals surface area contributed by atoms with Gasteiger partial charge in [0.05, 0.1) is 13.7 Å². The number of hydrogen-bond acceptors (Lipinski definition) is 3. The minimum atomic E-state index is -0.530. The van der Waals surface area contributed by atoms with Crippen LogP contribution >= 0.6 is 11.6 Å². The van der Waals surface area contributed by atoms with E-state index in [0.29, 0.717) is 18.9 Å². The SMILES string of the molecule is C=C(OC)C(=O)OCCCCl. The van der Waals surface area contributed by atoms with Crippen molar-refractivity contribution in [3.05, 3.63) is 12.3 Å². The van der Waals surface area contributed by atoms with E-state index in [-0.39, 0.29) is 5.76 Å². The van der Waals surface area contributed by atoms with E-state index in [0.717, 1.165) is 0 Å². The van der Waals surface area contributed by atoms with Crippen molar-refractivity contribution < 1.29 is 14.3 Å². The van der Waals surface area contributed by atoms with Gasteiger partial charge in [0.25, 0.3) is 0 Å². The Hall–Kier alpha value is -0.700. The number of esters is 1. The monoisotopic (exact) mass is 178 g/mol. The van der Waals surface area contributed by atoms with E-state index in [1.54, 1.807) is 0 Å². The summed E-state index contributed by atoms with van der Waals surface area (Å²) in [5, 5.41) is 0. The number of hydrogen-bond donors (Lipinski definition) is 0. The minimum Gasteiger partial charge on any atom is -0.490 e. The topological polar surface area (TPSA) is 35.5 Å². The van der Waals surface area contributed by atoms with Gasteiger partial charge >= 0.3 is 5.97 Å². The molecule has 64 valence electrons. The second-order valence-corrected chi connectivity index (χ2v) is 2.18. The van der Waals surface area contributed by atoms with Crippen LogP contribution < -0.4 is 0 Å². The Balaban J connectivity index is 3.44. The summed E-state index contributed by atoms with van der Waals surface area (Å²) in [4.78, 5) is 10.8. The van der Waals surface area contributed by atoms with Crippen LogP contribution in [0.1, 0.15) is 6.42 Å². The van der Waals surface area contributed by atoms with Crippen molar-refractivity contribution in [1.29, 1.82) is 0 Å². The van der Waals surface area contributed by atoms with Crippen molar-refractivity contribution in [3.8, 4) is 0 Å². The lowest BCUT2D eigenvalue weighted by molar-refractivity contribution is -0.142. The first-order valence-corrected chi connectivity index (χ1v) is 3.71. The second kappa shape index (κ2) is 6.04.